The first-order valence-corrected chi connectivity index (χ1v) is 7.82. The van der Waals surface area contributed by atoms with Crippen LogP contribution in [0.1, 0.15) is 26.7 Å². The standard InChI is InChI=1S/C10H17BrN4O2S/c1-3-4-7(2)15-18(16,17)9-5-8(11)6-13-10(9)14-12/h5-7,15H,3-4,12H2,1-2H3,(H,13,14). The van der Waals surface area contributed by atoms with Gasteiger partial charge >= 0.3 is 0 Å². The molecule has 0 bridgehead atoms. The molecule has 0 aromatic carbocycles. The van der Waals surface area contributed by atoms with Crippen LogP contribution < -0.4 is 16.0 Å². The van der Waals surface area contributed by atoms with Gasteiger partial charge in [-0.1, -0.05) is 13.3 Å². The Morgan fingerprint density at radius 3 is 2.78 bits per heavy atom. The first-order valence-electron chi connectivity index (χ1n) is 5.55. The van der Waals surface area contributed by atoms with Crippen LogP contribution in [0.25, 0.3) is 0 Å². The minimum atomic E-state index is -3.63. The molecule has 1 rings (SSSR count). The minimum absolute atomic E-state index is 0.0299. The monoisotopic (exact) mass is 336 g/mol. The number of pyridine rings is 1. The van der Waals surface area contributed by atoms with E-state index in [0.717, 1.165) is 12.8 Å². The highest BCUT2D eigenvalue weighted by Gasteiger charge is 2.21. The molecule has 0 amide bonds. The fourth-order valence-electron chi connectivity index (χ4n) is 1.55. The molecule has 0 fully saturated rings. The zero-order chi connectivity index (χ0) is 13.8. The summed E-state index contributed by atoms with van der Waals surface area (Å²) in [6.07, 6.45) is 3.15. The normalized spacial score (nSPS) is 13.3. The van der Waals surface area contributed by atoms with Gasteiger partial charge in [-0.25, -0.2) is 24.0 Å². The maximum absolute atomic E-state index is 12.2. The fourth-order valence-corrected chi connectivity index (χ4v) is 3.46. The molecule has 0 aliphatic heterocycles. The molecule has 102 valence electrons. The summed E-state index contributed by atoms with van der Waals surface area (Å²) in [5.41, 5.74) is 2.28. The van der Waals surface area contributed by atoms with Gasteiger partial charge in [-0.2, -0.15) is 0 Å². The highest BCUT2D eigenvalue weighted by Crippen LogP contribution is 2.22. The molecule has 1 aromatic heterocycles. The fraction of sp³-hybridized carbons (Fsp3) is 0.500. The van der Waals surface area contributed by atoms with Gasteiger partial charge in [0.25, 0.3) is 0 Å². The lowest BCUT2D eigenvalue weighted by molar-refractivity contribution is 0.544. The van der Waals surface area contributed by atoms with Crippen molar-refractivity contribution < 1.29 is 8.42 Å². The third-order valence-corrected chi connectivity index (χ3v) is 4.36. The molecule has 0 aliphatic carbocycles. The van der Waals surface area contributed by atoms with Gasteiger partial charge in [-0.05, 0) is 35.3 Å². The maximum atomic E-state index is 12.2. The summed E-state index contributed by atoms with van der Waals surface area (Å²) in [6.45, 7) is 3.82. The van der Waals surface area contributed by atoms with Gasteiger partial charge in [0.15, 0.2) is 5.82 Å². The molecule has 1 atom stereocenters. The molecule has 0 aliphatic rings. The average molecular weight is 337 g/mol. The van der Waals surface area contributed by atoms with Crippen LogP contribution >= 0.6 is 15.9 Å². The van der Waals surface area contributed by atoms with Crippen molar-refractivity contribution >= 4 is 31.8 Å². The summed E-state index contributed by atoms with van der Waals surface area (Å²) in [7, 11) is -3.63. The van der Waals surface area contributed by atoms with Crippen LogP contribution in [0, 0.1) is 0 Å². The number of sulfonamides is 1. The molecule has 0 spiro atoms. The number of anilines is 1. The molecular weight excluding hydrogens is 320 g/mol. The van der Waals surface area contributed by atoms with Crippen LogP contribution in [0.3, 0.4) is 0 Å². The molecule has 1 heterocycles. The topological polar surface area (TPSA) is 97.1 Å². The van der Waals surface area contributed by atoms with E-state index in [4.69, 9.17) is 5.84 Å². The smallest absolute Gasteiger partial charge is 0.244 e. The van der Waals surface area contributed by atoms with Gasteiger partial charge in [0.1, 0.15) is 4.90 Å². The number of hydrogen-bond donors (Lipinski definition) is 3. The van der Waals surface area contributed by atoms with Gasteiger partial charge in [0.2, 0.25) is 10.0 Å². The van der Waals surface area contributed by atoms with E-state index in [1.54, 1.807) is 0 Å². The molecule has 1 aromatic rings. The van der Waals surface area contributed by atoms with E-state index in [1.165, 1.54) is 12.3 Å². The summed E-state index contributed by atoms with van der Waals surface area (Å²) < 4.78 is 27.5. The Morgan fingerprint density at radius 1 is 1.56 bits per heavy atom. The summed E-state index contributed by atoms with van der Waals surface area (Å²) in [6, 6.07) is 1.33. The molecular formula is C10H17BrN4O2S. The molecule has 1 unspecified atom stereocenters. The Bertz CT molecular complexity index is 507. The van der Waals surface area contributed by atoms with Crippen molar-refractivity contribution in [2.75, 3.05) is 5.43 Å². The number of nitrogens with two attached hydrogens (primary N) is 1. The number of nitrogens with zero attached hydrogens (tertiary/aromatic N) is 1. The van der Waals surface area contributed by atoms with Crippen molar-refractivity contribution in [1.82, 2.24) is 9.71 Å². The number of aromatic nitrogens is 1. The molecule has 8 heteroatoms. The third kappa shape index (κ3) is 3.91. The molecule has 0 saturated carbocycles. The van der Waals surface area contributed by atoms with Gasteiger partial charge in [0.05, 0.1) is 0 Å². The Labute approximate surface area is 116 Å². The van der Waals surface area contributed by atoms with Crippen molar-refractivity contribution in [1.29, 1.82) is 0 Å². The summed E-state index contributed by atoms with van der Waals surface area (Å²) in [4.78, 5) is 3.94. The average Bonchev–Trinajstić information content (AvgIpc) is 2.28. The molecule has 18 heavy (non-hydrogen) atoms. The number of nitrogens with one attached hydrogen (secondary N) is 2. The zero-order valence-corrected chi connectivity index (χ0v) is 12.7. The Morgan fingerprint density at radius 2 is 2.22 bits per heavy atom. The van der Waals surface area contributed by atoms with Crippen molar-refractivity contribution in [3.8, 4) is 0 Å². The van der Waals surface area contributed by atoms with Gasteiger partial charge in [-0.3, -0.25) is 0 Å². The summed E-state index contributed by atoms with van der Waals surface area (Å²) in [5.74, 6) is 5.39. The third-order valence-electron chi connectivity index (χ3n) is 2.32. The maximum Gasteiger partial charge on any atom is 0.244 e. The number of halogens is 1. The Hall–Kier alpha value is -0.700. The zero-order valence-electron chi connectivity index (χ0n) is 10.3. The van der Waals surface area contributed by atoms with Crippen molar-refractivity contribution in [3.05, 3.63) is 16.7 Å². The Kier molecular flexibility index (Phi) is 5.51. The lowest BCUT2D eigenvalue weighted by Crippen LogP contribution is -2.33. The van der Waals surface area contributed by atoms with Crippen molar-refractivity contribution in [2.24, 2.45) is 5.84 Å². The predicted octanol–water partition coefficient (Wildman–Crippen LogP) is 1.60. The number of nitrogen functional groups attached to an aromatic ring is 1. The van der Waals surface area contributed by atoms with Gasteiger partial charge < -0.3 is 5.43 Å². The van der Waals surface area contributed by atoms with E-state index in [9.17, 15) is 8.42 Å². The van der Waals surface area contributed by atoms with Crippen LogP contribution in [0.15, 0.2) is 21.6 Å². The van der Waals surface area contributed by atoms with Crippen LogP contribution in [0.4, 0.5) is 5.82 Å². The van der Waals surface area contributed by atoms with E-state index < -0.39 is 10.0 Å². The van der Waals surface area contributed by atoms with E-state index in [-0.39, 0.29) is 16.8 Å². The van der Waals surface area contributed by atoms with E-state index in [0.29, 0.717) is 4.47 Å². The SMILES string of the molecule is CCCC(C)NS(=O)(=O)c1cc(Br)cnc1NN. The number of hydrogen-bond acceptors (Lipinski definition) is 5. The first-order chi connectivity index (χ1) is 8.40. The van der Waals surface area contributed by atoms with E-state index >= 15 is 0 Å². The highest BCUT2D eigenvalue weighted by molar-refractivity contribution is 9.10. The van der Waals surface area contributed by atoms with E-state index in [2.05, 4.69) is 31.1 Å². The van der Waals surface area contributed by atoms with Crippen LogP contribution in [-0.4, -0.2) is 19.4 Å². The molecule has 0 saturated heterocycles. The van der Waals surface area contributed by atoms with Gasteiger partial charge in [0, 0.05) is 16.7 Å². The lowest BCUT2D eigenvalue weighted by Gasteiger charge is -2.15. The minimum Gasteiger partial charge on any atom is -0.307 e. The second-order valence-corrected chi connectivity index (χ2v) is 6.55. The van der Waals surface area contributed by atoms with Crippen LogP contribution in [-0.2, 0) is 10.0 Å². The van der Waals surface area contributed by atoms with Crippen molar-refractivity contribution in [3.63, 3.8) is 0 Å². The van der Waals surface area contributed by atoms with Crippen LogP contribution in [0.5, 0.6) is 0 Å². The lowest BCUT2D eigenvalue weighted by atomic mass is 10.2. The summed E-state index contributed by atoms with van der Waals surface area (Å²) in [5, 5.41) is 0. The molecule has 0 radical (unpaired) electrons. The number of hydrazine groups is 1. The predicted molar refractivity (Wildman–Crippen MR) is 74.4 cm³/mol. The highest BCUT2D eigenvalue weighted by atomic mass is 79.9. The second kappa shape index (κ2) is 6.46. The second-order valence-electron chi connectivity index (χ2n) is 3.96. The Balaban J connectivity index is 3.07. The molecule has 6 nitrogen and oxygen atoms in total. The van der Waals surface area contributed by atoms with Crippen molar-refractivity contribution in [2.45, 2.75) is 37.6 Å². The van der Waals surface area contributed by atoms with Crippen LogP contribution in [0.2, 0.25) is 0 Å². The quantitative estimate of drug-likeness (QED) is 0.541. The number of rotatable bonds is 6. The first kappa shape index (κ1) is 15.4. The van der Waals surface area contributed by atoms with Gasteiger partial charge in [-0.15, -0.1) is 0 Å². The van der Waals surface area contributed by atoms with E-state index in [1.807, 2.05) is 13.8 Å². The molecule has 4 N–H and O–H groups in total. The largest absolute Gasteiger partial charge is 0.307 e. The summed E-state index contributed by atoms with van der Waals surface area (Å²) >= 11 is 3.19.